The van der Waals surface area contributed by atoms with Gasteiger partial charge >= 0.3 is 5.97 Å². The summed E-state index contributed by atoms with van der Waals surface area (Å²) in [6.45, 7) is 0.383. The second kappa shape index (κ2) is 15.0. The number of unbranched alkanes of at least 4 members (excludes halogenated alkanes) is 1. The number of carbonyl (C=O) groups excluding carboxylic acids is 3. The van der Waals surface area contributed by atoms with E-state index in [2.05, 4.69) is 4.98 Å². The van der Waals surface area contributed by atoms with Gasteiger partial charge in [-0.2, -0.15) is 0 Å². The van der Waals surface area contributed by atoms with Gasteiger partial charge < -0.3 is 9.84 Å². The smallest absolute Gasteiger partial charge is 0.330 e. The van der Waals surface area contributed by atoms with Gasteiger partial charge in [-0.1, -0.05) is 109 Å². The molecule has 268 valence electrons. The maximum Gasteiger partial charge on any atom is 0.330 e. The lowest BCUT2D eigenvalue weighted by molar-refractivity contribution is -0.141. The molecule has 1 saturated heterocycles. The topological polar surface area (TPSA) is 110 Å². The van der Waals surface area contributed by atoms with E-state index in [1.165, 1.54) is 11.0 Å². The predicted octanol–water partition coefficient (Wildman–Crippen LogP) is 7.04. The molecule has 2 aromatic heterocycles. The molecule has 0 spiro atoms. The molecule has 3 heterocycles. The Kier molecular flexibility index (Phi) is 9.68. The lowest BCUT2D eigenvalue weighted by atomic mass is 9.71. The fourth-order valence-corrected chi connectivity index (χ4v) is 8.45. The molecular weight excluding hydrogens is 675 g/mol. The van der Waals surface area contributed by atoms with Crippen LogP contribution in [0.25, 0.3) is 11.6 Å². The summed E-state index contributed by atoms with van der Waals surface area (Å²) in [7, 11) is 0. The monoisotopic (exact) mass is 713 g/mol. The van der Waals surface area contributed by atoms with E-state index in [1.54, 1.807) is 30.6 Å². The fourth-order valence-electron chi connectivity index (χ4n) is 8.45. The molecule has 54 heavy (non-hydrogen) atoms. The number of esters is 1. The molecule has 1 aliphatic heterocycles. The Bertz CT molecular complexity index is 2160. The summed E-state index contributed by atoms with van der Waals surface area (Å²) in [5, 5.41) is 13.1. The highest BCUT2D eigenvalue weighted by Gasteiger charge is 2.66. The molecule has 8 nitrogen and oxygen atoms in total. The molecule has 5 unspecified atom stereocenters. The molecule has 1 saturated carbocycles. The number of benzene rings is 3. The van der Waals surface area contributed by atoms with Crippen LogP contribution in [0.1, 0.15) is 40.9 Å². The Morgan fingerprint density at radius 2 is 1.41 bits per heavy atom. The molecule has 2 fully saturated rings. The number of aliphatic hydroxyl groups is 1. The highest BCUT2D eigenvalue weighted by molar-refractivity contribution is 6.08. The SMILES string of the molecule is O=C(C=Cc1ccccc1)OCCCCN1C(=O)C2C3C=C(C(O)(c4ccccc4)c4ccccn4)C(C3=C(c3ccccc3)c3ccccn3)C2C1=O. The normalized spacial score (nSPS) is 22.2. The minimum absolute atomic E-state index is 0.170. The minimum atomic E-state index is -1.68. The number of hydrogen-bond acceptors (Lipinski definition) is 7. The average molecular weight is 714 g/mol. The average Bonchev–Trinajstić information content (AvgIpc) is 3.84. The fraction of sp³-hybridized carbons (Fsp3) is 0.196. The largest absolute Gasteiger partial charge is 0.463 e. The number of amides is 2. The maximum absolute atomic E-state index is 14.6. The number of rotatable bonds is 12. The van der Waals surface area contributed by atoms with Gasteiger partial charge in [-0.05, 0) is 71.0 Å². The highest BCUT2D eigenvalue weighted by atomic mass is 16.5. The van der Waals surface area contributed by atoms with Gasteiger partial charge in [-0.25, -0.2) is 4.79 Å². The Hall–Kier alpha value is -6.25. The van der Waals surface area contributed by atoms with E-state index in [9.17, 15) is 19.5 Å². The number of nitrogens with zero attached hydrogens (tertiary/aromatic N) is 3. The molecule has 0 radical (unpaired) electrons. The van der Waals surface area contributed by atoms with Gasteiger partial charge in [0.05, 0.1) is 29.8 Å². The van der Waals surface area contributed by atoms with Crippen LogP contribution in [0.4, 0.5) is 0 Å². The second-order valence-corrected chi connectivity index (χ2v) is 13.8. The van der Waals surface area contributed by atoms with Crippen molar-refractivity contribution in [3.05, 3.63) is 191 Å². The molecule has 2 aliphatic carbocycles. The molecule has 1 N–H and O–H groups in total. The van der Waals surface area contributed by atoms with Gasteiger partial charge in [0, 0.05) is 42.4 Å². The number of likely N-dealkylation sites (tertiary alicyclic amines) is 1. The van der Waals surface area contributed by atoms with Crippen molar-refractivity contribution in [2.45, 2.75) is 18.4 Å². The van der Waals surface area contributed by atoms with E-state index < -0.39 is 35.2 Å². The van der Waals surface area contributed by atoms with Crippen LogP contribution in [0, 0.1) is 23.7 Å². The van der Waals surface area contributed by atoms with Crippen molar-refractivity contribution in [3.8, 4) is 0 Å². The van der Waals surface area contributed by atoms with Gasteiger partial charge in [-0.3, -0.25) is 24.5 Å². The molecule has 3 aromatic carbocycles. The standard InChI is InChI=1S/C46H39N3O5/c50-38(25-24-31-16-4-1-5-17-31)54-29-15-14-28-49-44(51)41-34-30-35(46(53,33-20-8-3-9-21-33)37-23-11-13-27-48-37)42(43(41)45(49)52)40(34)39(32-18-6-2-7-19-32)36-22-10-12-26-47-36/h1-13,16-27,30,34,41-43,53H,14-15,28-29H2. The lowest BCUT2D eigenvalue weighted by Crippen LogP contribution is -2.38. The van der Waals surface area contributed by atoms with E-state index in [0.717, 1.165) is 28.0 Å². The number of carbonyl (C=O) groups is 3. The Morgan fingerprint density at radius 3 is 2.09 bits per heavy atom. The second-order valence-electron chi connectivity index (χ2n) is 13.8. The van der Waals surface area contributed by atoms with Crippen LogP contribution in [-0.4, -0.2) is 50.9 Å². The zero-order valence-electron chi connectivity index (χ0n) is 29.6. The van der Waals surface area contributed by atoms with Gasteiger partial charge in [0.15, 0.2) is 5.60 Å². The zero-order valence-corrected chi connectivity index (χ0v) is 29.6. The summed E-state index contributed by atoms with van der Waals surface area (Å²) in [5.74, 6) is -3.35. The Labute approximate surface area is 314 Å². The number of pyridine rings is 2. The van der Waals surface area contributed by atoms with Crippen LogP contribution in [0.15, 0.2) is 163 Å². The molecule has 5 atom stereocenters. The van der Waals surface area contributed by atoms with Crippen molar-refractivity contribution < 1.29 is 24.2 Å². The van der Waals surface area contributed by atoms with Crippen LogP contribution in [0.3, 0.4) is 0 Å². The van der Waals surface area contributed by atoms with Crippen LogP contribution in [0.2, 0.25) is 0 Å². The van der Waals surface area contributed by atoms with Crippen molar-refractivity contribution in [1.29, 1.82) is 0 Å². The van der Waals surface area contributed by atoms with E-state index in [0.29, 0.717) is 29.7 Å². The third-order valence-corrected chi connectivity index (χ3v) is 10.8. The van der Waals surface area contributed by atoms with Crippen LogP contribution >= 0.6 is 0 Å². The summed E-state index contributed by atoms with van der Waals surface area (Å²) in [6.07, 6.45) is 9.49. The molecule has 3 aliphatic rings. The van der Waals surface area contributed by atoms with E-state index in [-0.39, 0.29) is 25.0 Å². The summed E-state index contributed by atoms with van der Waals surface area (Å²) < 4.78 is 5.39. The molecular formula is C46H39N3O5. The molecule has 2 amide bonds. The van der Waals surface area contributed by atoms with Crippen LogP contribution in [-0.2, 0) is 24.7 Å². The number of hydrogen-bond donors (Lipinski definition) is 1. The summed E-state index contributed by atoms with van der Waals surface area (Å²) in [4.78, 5) is 52.1. The van der Waals surface area contributed by atoms with Crippen molar-refractivity contribution >= 4 is 29.4 Å². The number of allylic oxidation sites excluding steroid dienone is 2. The predicted molar refractivity (Wildman–Crippen MR) is 205 cm³/mol. The van der Waals surface area contributed by atoms with Crippen LogP contribution < -0.4 is 0 Å². The van der Waals surface area contributed by atoms with Gasteiger partial charge in [0.1, 0.15) is 0 Å². The Morgan fingerprint density at radius 1 is 0.759 bits per heavy atom. The first-order valence-electron chi connectivity index (χ1n) is 18.3. The third-order valence-electron chi connectivity index (χ3n) is 10.8. The quantitative estimate of drug-likeness (QED) is 0.0486. The van der Waals surface area contributed by atoms with Crippen molar-refractivity contribution in [2.75, 3.05) is 13.2 Å². The van der Waals surface area contributed by atoms with Crippen molar-refractivity contribution in [2.24, 2.45) is 23.7 Å². The molecule has 8 heteroatoms. The lowest BCUT2D eigenvalue weighted by Gasteiger charge is -2.36. The number of ether oxygens (including phenoxy) is 1. The number of imide groups is 1. The van der Waals surface area contributed by atoms with E-state index in [4.69, 9.17) is 9.72 Å². The third kappa shape index (κ3) is 6.28. The Balaban J connectivity index is 1.13. The van der Waals surface area contributed by atoms with Crippen molar-refractivity contribution in [1.82, 2.24) is 14.9 Å². The van der Waals surface area contributed by atoms with Crippen molar-refractivity contribution in [3.63, 3.8) is 0 Å². The first kappa shape index (κ1) is 34.8. The molecule has 8 rings (SSSR count). The first-order chi connectivity index (χ1) is 26.5. The van der Waals surface area contributed by atoms with Gasteiger partial charge in [0.2, 0.25) is 11.8 Å². The summed E-state index contributed by atoms with van der Waals surface area (Å²) in [5.41, 5.74) is 4.33. The first-order valence-corrected chi connectivity index (χ1v) is 18.3. The van der Waals surface area contributed by atoms with E-state index >= 15 is 0 Å². The minimum Gasteiger partial charge on any atom is -0.463 e. The zero-order chi connectivity index (χ0) is 37.1. The van der Waals surface area contributed by atoms with Gasteiger partial charge in [-0.15, -0.1) is 0 Å². The number of aromatic nitrogens is 2. The van der Waals surface area contributed by atoms with Crippen LogP contribution in [0.5, 0.6) is 0 Å². The summed E-state index contributed by atoms with van der Waals surface area (Å²) >= 11 is 0. The summed E-state index contributed by atoms with van der Waals surface area (Å²) in [6, 6.07) is 40.0. The molecule has 5 aromatic rings. The number of fused-ring (bicyclic) bond motifs is 5. The van der Waals surface area contributed by atoms with E-state index in [1.807, 2.05) is 121 Å². The van der Waals surface area contributed by atoms with Gasteiger partial charge in [0.25, 0.3) is 0 Å². The molecule has 2 bridgehead atoms. The maximum atomic E-state index is 14.6. The highest BCUT2D eigenvalue weighted by Crippen LogP contribution is 2.64.